The van der Waals surface area contributed by atoms with Gasteiger partial charge in [-0.1, -0.05) is 6.07 Å². The Kier molecular flexibility index (Phi) is 5.63. The molecule has 5 nitrogen and oxygen atoms in total. The summed E-state index contributed by atoms with van der Waals surface area (Å²) in [7, 11) is 0. The van der Waals surface area contributed by atoms with E-state index in [2.05, 4.69) is 30.2 Å². The van der Waals surface area contributed by atoms with Crippen molar-refractivity contribution in [1.82, 2.24) is 14.4 Å². The lowest BCUT2D eigenvalue weighted by molar-refractivity contribution is 0.0628. The average molecular weight is 374 g/mol. The second-order valence-corrected chi connectivity index (χ2v) is 8.17. The molecule has 26 heavy (non-hydrogen) atoms. The molecular weight excluding hydrogens is 346 g/mol. The van der Waals surface area contributed by atoms with E-state index in [1.54, 1.807) is 0 Å². The van der Waals surface area contributed by atoms with Gasteiger partial charge in [0, 0.05) is 49.2 Å². The molecule has 1 aliphatic rings. The number of hydrogen-bond donors (Lipinski definition) is 0. The first-order valence-electron chi connectivity index (χ1n) is 9.15. The molecule has 1 amide bonds. The van der Waals surface area contributed by atoms with E-state index < -0.39 is 0 Å². The lowest BCUT2D eigenvalue weighted by Gasteiger charge is -2.34. The number of carbonyl (C=O) groups is 2. The Hall–Kier alpha value is -1.92. The monoisotopic (exact) mass is 373 g/mol. The minimum atomic E-state index is 0.103. The molecule has 0 radical (unpaired) electrons. The fourth-order valence-corrected chi connectivity index (χ4v) is 4.50. The third kappa shape index (κ3) is 3.76. The smallest absolute Gasteiger partial charge is 0.264 e. The van der Waals surface area contributed by atoms with Crippen LogP contribution in [0.25, 0.3) is 0 Å². The second kappa shape index (κ2) is 7.76. The van der Waals surface area contributed by atoms with Crippen molar-refractivity contribution in [1.29, 1.82) is 0 Å². The molecule has 1 fully saturated rings. The number of piperazine rings is 1. The zero-order valence-corrected chi connectivity index (χ0v) is 16.8. The van der Waals surface area contributed by atoms with E-state index in [9.17, 15) is 9.59 Å². The van der Waals surface area contributed by atoms with Gasteiger partial charge in [0.1, 0.15) is 0 Å². The van der Waals surface area contributed by atoms with Gasteiger partial charge < -0.3 is 9.47 Å². The van der Waals surface area contributed by atoms with Crippen LogP contribution in [0.4, 0.5) is 0 Å². The van der Waals surface area contributed by atoms with Gasteiger partial charge in [-0.3, -0.25) is 14.5 Å². The molecule has 140 valence electrons. The quantitative estimate of drug-likeness (QED) is 0.755. The summed E-state index contributed by atoms with van der Waals surface area (Å²) in [5.41, 5.74) is 3.01. The van der Waals surface area contributed by atoms with E-state index in [-0.39, 0.29) is 11.7 Å². The molecule has 0 saturated carbocycles. The van der Waals surface area contributed by atoms with Gasteiger partial charge in [0.25, 0.3) is 5.91 Å². The van der Waals surface area contributed by atoms with E-state index in [4.69, 9.17) is 0 Å². The summed E-state index contributed by atoms with van der Waals surface area (Å²) < 4.78 is 2.21. The summed E-state index contributed by atoms with van der Waals surface area (Å²) in [5.74, 6) is 0.273. The second-order valence-electron chi connectivity index (χ2n) is 7.22. The Morgan fingerprint density at radius 2 is 1.85 bits per heavy atom. The van der Waals surface area contributed by atoms with Gasteiger partial charge in [-0.15, -0.1) is 11.3 Å². The van der Waals surface area contributed by atoms with Gasteiger partial charge in [-0.25, -0.2) is 0 Å². The van der Waals surface area contributed by atoms with Crippen molar-refractivity contribution in [2.75, 3.05) is 32.7 Å². The van der Waals surface area contributed by atoms with Gasteiger partial charge in [0.2, 0.25) is 0 Å². The lowest BCUT2D eigenvalue weighted by Crippen LogP contribution is -2.49. The van der Waals surface area contributed by atoms with Crippen LogP contribution in [-0.2, 0) is 0 Å². The van der Waals surface area contributed by atoms with Gasteiger partial charge >= 0.3 is 0 Å². The number of amides is 1. The number of aromatic nitrogens is 1. The van der Waals surface area contributed by atoms with Crippen molar-refractivity contribution in [3.05, 3.63) is 45.4 Å². The highest BCUT2D eigenvalue weighted by molar-refractivity contribution is 7.12. The summed E-state index contributed by atoms with van der Waals surface area (Å²) in [4.78, 5) is 30.0. The summed E-state index contributed by atoms with van der Waals surface area (Å²) in [6.07, 6.45) is 0. The molecule has 0 atom stereocenters. The van der Waals surface area contributed by atoms with Crippen LogP contribution in [0.5, 0.6) is 0 Å². The number of Topliss-reactive ketones (excluding diaryl/α,β-unsaturated/α-hetero) is 1. The van der Waals surface area contributed by atoms with Crippen LogP contribution < -0.4 is 0 Å². The molecule has 1 aliphatic heterocycles. The van der Waals surface area contributed by atoms with Crippen LogP contribution in [-0.4, -0.2) is 58.8 Å². The third-order valence-corrected chi connectivity index (χ3v) is 5.92. The van der Waals surface area contributed by atoms with Gasteiger partial charge in [-0.05, 0) is 45.2 Å². The highest BCUT2D eigenvalue weighted by Gasteiger charge is 2.25. The van der Waals surface area contributed by atoms with Crippen molar-refractivity contribution in [3.63, 3.8) is 0 Å². The normalized spacial score (nSPS) is 15.7. The Morgan fingerprint density at radius 3 is 2.38 bits per heavy atom. The minimum Gasteiger partial charge on any atom is -0.346 e. The van der Waals surface area contributed by atoms with E-state index in [1.165, 1.54) is 11.3 Å². The first-order chi connectivity index (χ1) is 12.4. The van der Waals surface area contributed by atoms with Crippen LogP contribution in [0.2, 0.25) is 0 Å². The molecule has 0 N–H and O–H groups in total. The van der Waals surface area contributed by atoms with Crippen molar-refractivity contribution in [3.8, 4) is 0 Å². The summed E-state index contributed by atoms with van der Waals surface area (Å²) >= 11 is 1.48. The molecule has 0 bridgehead atoms. The van der Waals surface area contributed by atoms with Crippen LogP contribution in [0, 0.1) is 13.8 Å². The highest BCUT2D eigenvalue weighted by Crippen LogP contribution is 2.21. The van der Waals surface area contributed by atoms with E-state index in [0.29, 0.717) is 25.7 Å². The number of thiophene rings is 1. The minimum absolute atomic E-state index is 0.103. The maximum Gasteiger partial charge on any atom is 0.264 e. The number of ketones is 1. The molecule has 0 aliphatic carbocycles. The molecule has 2 aromatic heterocycles. The van der Waals surface area contributed by atoms with E-state index in [0.717, 1.165) is 34.9 Å². The number of hydrogen-bond acceptors (Lipinski definition) is 4. The topological polar surface area (TPSA) is 45.6 Å². The standard InChI is InChI=1S/C20H27N3O2S/c1-14(2)23-15(3)12-17(16(23)4)18(24)13-21-7-9-22(10-8-21)20(25)19-6-5-11-26-19/h5-6,11-12,14H,7-10,13H2,1-4H3. The van der Waals surface area contributed by atoms with Crippen molar-refractivity contribution >= 4 is 23.0 Å². The predicted molar refractivity (Wildman–Crippen MR) is 105 cm³/mol. The van der Waals surface area contributed by atoms with E-state index >= 15 is 0 Å². The zero-order chi connectivity index (χ0) is 18.8. The Labute approximate surface area is 159 Å². The summed E-state index contributed by atoms with van der Waals surface area (Å²) in [5, 5.41) is 1.93. The van der Waals surface area contributed by atoms with Gasteiger partial charge in [-0.2, -0.15) is 0 Å². The van der Waals surface area contributed by atoms with Crippen LogP contribution >= 0.6 is 11.3 Å². The first kappa shape index (κ1) is 18.9. The van der Waals surface area contributed by atoms with Crippen LogP contribution in [0.3, 0.4) is 0 Å². The SMILES string of the molecule is Cc1cc(C(=O)CN2CCN(C(=O)c3cccs3)CC2)c(C)n1C(C)C. The molecular formula is C20H27N3O2S. The summed E-state index contributed by atoms with van der Waals surface area (Å²) in [6.45, 7) is 11.6. The number of aryl methyl sites for hydroxylation is 1. The fraction of sp³-hybridized carbons (Fsp3) is 0.500. The average Bonchev–Trinajstić information content (AvgIpc) is 3.23. The molecule has 6 heteroatoms. The maximum absolute atomic E-state index is 12.8. The number of nitrogens with zero attached hydrogens (tertiary/aromatic N) is 3. The molecule has 3 heterocycles. The molecule has 3 rings (SSSR count). The van der Waals surface area contributed by atoms with Crippen LogP contribution in [0.15, 0.2) is 23.6 Å². The third-order valence-electron chi connectivity index (χ3n) is 5.06. The van der Waals surface area contributed by atoms with Gasteiger partial charge in [0.15, 0.2) is 5.78 Å². The highest BCUT2D eigenvalue weighted by atomic mass is 32.1. The Bertz CT molecular complexity index is 784. The molecule has 2 aromatic rings. The van der Waals surface area contributed by atoms with Crippen molar-refractivity contribution in [2.24, 2.45) is 0 Å². The number of rotatable bonds is 5. The summed E-state index contributed by atoms with van der Waals surface area (Å²) in [6, 6.07) is 6.13. The van der Waals surface area contributed by atoms with Crippen LogP contribution in [0.1, 0.15) is 51.3 Å². The van der Waals surface area contributed by atoms with Crippen molar-refractivity contribution < 1.29 is 9.59 Å². The molecule has 1 saturated heterocycles. The Morgan fingerprint density at radius 1 is 1.15 bits per heavy atom. The number of carbonyl (C=O) groups excluding carboxylic acids is 2. The lowest BCUT2D eigenvalue weighted by atomic mass is 10.1. The molecule has 0 spiro atoms. The fourth-order valence-electron chi connectivity index (χ4n) is 3.81. The predicted octanol–water partition coefficient (Wildman–Crippen LogP) is 3.39. The Balaban J connectivity index is 1.59. The van der Waals surface area contributed by atoms with Crippen molar-refractivity contribution in [2.45, 2.75) is 33.7 Å². The van der Waals surface area contributed by atoms with E-state index in [1.807, 2.05) is 35.4 Å². The molecule has 0 unspecified atom stereocenters. The largest absolute Gasteiger partial charge is 0.346 e. The van der Waals surface area contributed by atoms with Gasteiger partial charge in [0.05, 0.1) is 11.4 Å². The maximum atomic E-state index is 12.8. The molecule has 0 aromatic carbocycles. The zero-order valence-electron chi connectivity index (χ0n) is 16.0. The first-order valence-corrected chi connectivity index (χ1v) is 10.0.